The van der Waals surface area contributed by atoms with E-state index in [2.05, 4.69) is 26.8 Å². The molecule has 2 heterocycles. The number of halogens is 6. The van der Waals surface area contributed by atoms with Crippen molar-refractivity contribution in [1.82, 2.24) is 24.8 Å². The zero-order chi connectivity index (χ0) is 29.7. The first-order valence-corrected chi connectivity index (χ1v) is 12.3. The van der Waals surface area contributed by atoms with Gasteiger partial charge in [0.15, 0.2) is 0 Å². The van der Waals surface area contributed by atoms with Gasteiger partial charge in [0.05, 0.1) is 29.0 Å². The molecule has 0 bridgehead atoms. The smallest absolute Gasteiger partial charge is 0.338 e. The van der Waals surface area contributed by atoms with E-state index in [0.717, 1.165) is 24.9 Å². The molecule has 1 aromatic carbocycles. The fourth-order valence-electron chi connectivity index (χ4n) is 3.93. The third kappa shape index (κ3) is 7.81. The highest BCUT2D eigenvalue weighted by molar-refractivity contribution is 5.92. The van der Waals surface area contributed by atoms with Crippen LogP contribution in [0.2, 0.25) is 0 Å². The zero-order valence-corrected chi connectivity index (χ0v) is 22.5. The van der Waals surface area contributed by atoms with Crippen LogP contribution in [0.25, 0.3) is 22.2 Å². The average Bonchev–Trinajstić information content (AvgIpc) is 2.86. The molecule has 0 atom stereocenters. The second kappa shape index (κ2) is 12.5. The Morgan fingerprint density at radius 3 is 2.42 bits per heavy atom. The van der Waals surface area contributed by atoms with E-state index in [-0.39, 0.29) is 34.2 Å². The Balaban J connectivity index is 2.19. The second-order valence-corrected chi connectivity index (χ2v) is 9.17. The van der Waals surface area contributed by atoms with Gasteiger partial charge in [0.2, 0.25) is 0 Å². The maximum Gasteiger partial charge on any atom is 0.484 e. The van der Waals surface area contributed by atoms with Crippen molar-refractivity contribution in [3.63, 3.8) is 0 Å². The standard InChI is InChI=1S/C28H30F6N6/c1-6-9-20(16-39(5)28(32,33)34)36-26-21-12-11-19(25-22(27(29,30)31)10-8-13-35-25)14-23(21)37-24(38-26)17-40(7-2)15-18(3)4/h6,8-14,16H,3,7,15,17H2,1-2,4-5H3,(H,36,37,38)/b9-6-,20-16+. The number of hydrogen-bond donors (Lipinski definition) is 1. The number of nitrogens with one attached hydrogen (secondary N) is 1. The van der Waals surface area contributed by atoms with Crippen molar-refractivity contribution in [3.8, 4) is 11.3 Å². The molecule has 1 N–H and O–H groups in total. The van der Waals surface area contributed by atoms with E-state index in [4.69, 9.17) is 0 Å². The van der Waals surface area contributed by atoms with Crippen molar-refractivity contribution in [2.75, 3.05) is 25.5 Å². The fourth-order valence-corrected chi connectivity index (χ4v) is 3.93. The monoisotopic (exact) mass is 564 g/mol. The van der Waals surface area contributed by atoms with Crippen molar-refractivity contribution in [3.05, 3.63) is 84.1 Å². The van der Waals surface area contributed by atoms with Gasteiger partial charge in [-0.15, -0.1) is 0 Å². The normalized spacial score (nSPS) is 12.9. The van der Waals surface area contributed by atoms with Crippen LogP contribution in [0.5, 0.6) is 0 Å². The minimum atomic E-state index is -4.62. The molecule has 0 unspecified atom stereocenters. The summed E-state index contributed by atoms with van der Waals surface area (Å²) in [5.74, 6) is 0.534. The largest absolute Gasteiger partial charge is 0.484 e. The molecule has 0 saturated heterocycles. The maximum atomic E-state index is 13.7. The molecule has 3 aromatic rings. The molecular formula is C28H30F6N6. The quantitative estimate of drug-likeness (QED) is 0.120. The molecule has 0 aliphatic rings. The van der Waals surface area contributed by atoms with Crippen LogP contribution in [0.15, 0.2) is 72.7 Å². The molecule has 0 fully saturated rings. The second-order valence-electron chi connectivity index (χ2n) is 9.17. The van der Waals surface area contributed by atoms with Crippen molar-refractivity contribution < 1.29 is 26.3 Å². The third-order valence-corrected chi connectivity index (χ3v) is 5.78. The summed E-state index contributed by atoms with van der Waals surface area (Å²) in [6.45, 7) is 10.9. The number of likely N-dealkylation sites (N-methyl/N-ethyl adjacent to an activating group) is 1. The number of hydrogen-bond acceptors (Lipinski definition) is 6. The number of nitrogens with zero attached hydrogens (tertiary/aromatic N) is 5. The molecule has 40 heavy (non-hydrogen) atoms. The summed E-state index contributed by atoms with van der Waals surface area (Å²) in [6.07, 6.45) is -4.06. The molecule has 214 valence electrons. The molecular weight excluding hydrogens is 534 g/mol. The van der Waals surface area contributed by atoms with Gasteiger partial charge in [0, 0.05) is 36.9 Å². The molecule has 3 rings (SSSR count). The van der Waals surface area contributed by atoms with Gasteiger partial charge in [-0.3, -0.25) is 14.8 Å². The van der Waals surface area contributed by atoms with Gasteiger partial charge in [-0.1, -0.05) is 31.2 Å². The average molecular weight is 565 g/mol. The van der Waals surface area contributed by atoms with Crippen LogP contribution >= 0.6 is 0 Å². The van der Waals surface area contributed by atoms with Crippen molar-refractivity contribution in [2.24, 2.45) is 0 Å². The van der Waals surface area contributed by atoms with E-state index < -0.39 is 18.0 Å². The minimum Gasteiger partial charge on any atom is -0.338 e. The number of allylic oxidation sites excluding steroid dienone is 2. The molecule has 6 nitrogen and oxygen atoms in total. The van der Waals surface area contributed by atoms with Gasteiger partial charge < -0.3 is 5.32 Å². The first-order chi connectivity index (χ1) is 18.7. The molecule has 12 heteroatoms. The Morgan fingerprint density at radius 2 is 1.82 bits per heavy atom. The SMILES string of the molecule is C=C(C)CN(CC)Cc1nc(NC(/C=C\C)=C/N(C)C(F)(F)F)c2ccc(-c3ncccc3C(F)(F)F)cc2n1. The highest BCUT2D eigenvalue weighted by Crippen LogP contribution is 2.37. The van der Waals surface area contributed by atoms with Crippen molar-refractivity contribution >= 4 is 16.7 Å². The van der Waals surface area contributed by atoms with Crippen LogP contribution in [-0.2, 0) is 12.7 Å². The summed E-state index contributed by atoms with van der Waals surface area (Å²) in [7, 11) is 0.878. The highest BCUT2D eigenvalue weighted by Gasteiger charge is 2.34. The Morgan fingerprint density at radius 1 is 1.10 bits per heavy atom. The van der Waals surface area contributed by atoms with Gasteiger partial charge in [0.1, 0.15) is 11.6 Å². The van der Waals surface area contributed by atoms with Crippen LogP contribution in [0.4, 0.5) is 32.2 Å². The summed E-state index contributed by atoms with van der Waals surface area (Å²) in [4.78, 5) is 15.3. The topological polar surface area (TPSA) is 57.2 Å². The Kier molecular flexibility index (Phi) is 9.56. The van der Waals surface area contributed by atoms with Crippen LogP contribution in [0, 0.1) is 0 Å². The Labute approximate surface area is 228 Å². The van der Waals surface area contributed by atoms with Crippen LogP contribution in [0.1, 0.15) is 32.2 Å². The van der Waals surface area contributed by atoms with E-state index in [9.17, 15) is 26.3 Å². The van der Waals surface area contributed by atoms with Gasteiger partial charge in [-0.05, 0) is 50.7 Å². The first-order valence-electron chi connectivity index (χ1n) is 12.3. The molecule has 0 saturated carbocycles. The maximum absolute atomic E-state index is 13.7. The number of alkyl halides is 6. The summed E-state index contributed by atoms with van der Waals surface area (Å²) in [5.41, 5.74) is 0.340. The number of fused-ring (bicyclic) bond motifs is 1. The lowest BCUT2D eigenvalue weighted by Gasteiger charge is -2.21. The predicted molar refractivity (Wildman–Crippen MR) is 144 cm³/mol. The molecule has 0 aliphatic carbocycles. The van der Waals surface area contributed by atoms with E-state index in [1.165, 1.54) is 36.5 Å². The van der Waals surface area contributed by atoms with E-state index >= 15 is 0 Å². The van der Waals surface area contributed by atoms with Gasteiger partial charge in [-0.2, -0.15) is 26.3 Å². The lowest BCUT2D eigenvalue weighted by molar-refractivity contribution is -0.219. The van der Waals surface area contributed by atoms with E-state index in [0.29, 0.717) is 29.8 Å². The lowest BCUT2D eigenvalue weighted by Crippen LogP contribution is -2.30. The number of pyridine rings is 1. The first kappa shape index (κ1) is 30.6. The number of rotatable bonds is 10. The lowest BCUT2D eigenvalue weighted by atomic mass is 10.0. The molecule has 0 amide bonds. The van der Waals surface area contributed by atoms with Crippen molar-refractivity contribution in [1.29, 1.82) is 0 Å². The van der Waals surface area contributed by atoms with Gasteiger partial charge in [0.25, 0.3) is 0 Å². The van der Waals surface area contributed by atoms with E-state index in [1.807, 2.05) is 18.7 Å². The van der Waals surface area contributed by atoms with Crippen LogP contribution in [-0.4, -0.2) is 51.2 Å². The van der Waals surface area contributed by atoms with Crippen LogP contribution < -0.4 is 5.32 Å². The van der Waals surface area contributed by atoms with E-state index in [1.54, 1.807) is 13.0 Å². The number of anilines is 1. The molecule has 0 radical (unpaired) electrons. The number of benzene rings is 1. The van der Waals surface area contributed by atoms with Gasteiger partial charge >= 0.3 is 12.5 Å². The third-order valence-electron chi connectivity index (χ3n) is 5.78. The summed E-state index contributed by atoms with van der Waals surface area (Å²) in [6, 6.07) is 6.61. The number of aromatic nitrogens is 3. The predicted octanol–water partition coefficient (Wildman–Crippen LogP) is 7.39. The molecule has 0 spiro atoms. The van der Waals surface area contributed by atoms with Gasteiger partial charge in [-0.25, -0.2) is 9.97 Å². The summed E-state index contributed by atoms with van der Waals surface area (Å²) >= 11 is 0. The summed E-state index contributed by atoms with van der Waals surface area (Å²) in [5, 5.41) is 3.35. The molecule has 0 aliphatic heterocycles. The fraction of sp³-hybridized carbons (Fsp3) is 0.321. The molecule has 2 aromatic heterocycles. The Hall–Kier alpha value is -3.93. The zero-order valence-electron chi connectivity index (χ0n) is 22.5. The van der Waals surface area contributed by atoms with Crippen LogP contribution in [0.3, 0.4) is 0 Å². The van der Waals surface area contributed by atoms with Crippen molar-refractivity contribution in [2.45, 2.75) is 39.8 Å². The Bertz CT molecular complexity index is 1410. The minimum absolute atomic E-state index is 0.0933. The highest BCUT2D eigenvalue weighted by atomic mass is 19.4. The summed E-state index contributed by atoms with van der Waals surface area (Å²) < 4.78 is 80.7.